The van der Waals surface area contributed by atoms with Crippen molar-refractivity contribution < 1.29 is 9.90 Å². The Bertz CT molecular complexity index is 607. The summed E-state index contributed by atoms with van der Waals surface area (Å²) in [5.74, 6) is -0.141. The van der Waals surface area contributed by atoms with E-state index >= 15 is 0 Å². The maximum absolute atomic E-state index is 12.3. The van der Waals surface area contributed by atoms with Crippen LogP contribution < -0.4 is 5.32 Å². The molecule has 1 amide bonds. The topological polar surface area (TPSA) is 67.2 Å². The summed E-state index contributed by atoms with van der Waals surface area (Å²) in [6, 6.07) is 3.90. The average molecular weight is 335 g/mol. The average Bonchev–Trinajstić information content (AvgIpc) is 3.21. The van der Waals surface area contributed by atoms with Gasteiger partial charge in [0, 0.05) is 30.6 Å². The summed E-state index contributed by atoms with van der Waals surface area (Å²) in [7, 11) is 0. The van der Waals surface area contributed by atoms with Gasteiger partial charge < -0.3 is 10.4 Å². The molecule has 23 heavy (non-hydrogen) atoms. The van der Waals surface area contributed by atoms with E-state index in [0.29, 0.717) is 12.2 Å². The molecule has 0 aliphatic rings. The lowest BCUT2D eigenvalue weighted by molar-refractivity contribution is 0.0936. The zero-order valence-corrected chi connectivity index (χ0v) is 14.6. The van der Waals surface area contributed by atoms with Gasteiger partial charge >= 0.3 is 0 Å². The van der Waals surface area contributed by atoms with Crippen molar-refractivity contribution in [2.24, 2.45) is 5.92 Å². The van der Waals surface area contributed by atoms with E-state index in [0.717, 1.165) is 37.1 Å². The molecular weight excluding hydrogens is 310 g/mol. The number of aliphatic hydroxyl groups excluding tert-OH is 1. The first-order chi connectivity index (χ1) is 11.2. The van der Waals surface area contributed by atoms with Gasteiger partial charge in [0.15, 0.2) is 5.69 Å². The first-order valence-electron chi connectivity index (χ1n) is 8.15. The van der Waals surface area contributed by atoms with Crippen LogP contribution in [0.25, 0.3) is 11.3 Å². The van der Waals surface area contributed by atoms with Gasteiger partial charge in [0.05, 0.1) is 5.69 Å². The Morgan fingerprint density at radius 2 is 2.30 bits per heavy atom. The zero-order chi connectivity index (χ0) is 16.7. The molecule has 2 rings (SSSR count). The predicted molar refractivity (Wildman–Crippen MR) is 93.6 cm³/mol. The predicted octanol–water partition coefficient (Wildman–Crippen LogP) is 3.16. The van der Waals surface area contributed by atoms with E-state index in [4.69, 9.17) is 5.11 Å². The maximum Gasteiger partial charge on any atom is 0.271 e. The minimum Gasteiger partial charge on any atom is -0.396 e. The van der Waals surface area contributed by atoms with Crippen LogP contribution in [0.5, 0.6) is 0 Å². The summed E-state index contributed by atoms with van der Waals surface area (Å²) in [4.78, 5) is 12.3. The number of nitrogens with zero attached hydrogens (tertiary/aromatic N) is 2. The number of hydrogen-bond acceptors (Lipinski definition) is 4. The highest BCUT2D eigenvalue weighted by molar-refractivity contribution is 7.08. The zero-order valence-electron chi connectivity index (χ0n) is 13.8. The fourth-order valence-electron chi connectivity index (χ4n) is 2.27. The summed E-state index contributed by atoms with van der Waals surface area (Å²) in [6.45, 7) is 5.39. The van der Waals surface area contributed by atoms with Crippen molar-refractivity contribution in [3.05, 3.63) is 28.6 Å². The van der Waals surface area contributed by atoms with E-state index < -0.39 is 0 Å². The Hall–Kier alpha value is -1.66. The molecule has 0 aliphatic heterocycles. The molecule has 2 aromatic heterocycles. The second-order valence-corrected chi connectivity index (χ2v) is 6.63. The molecule has 2 N–H and O–H groups in total. The number of carbonyl (C=O) groups excluding carboxylic acids is 1. The number of hydrogen-bond donors (Lipinski definition) is 2. The number of nitrogens with one attached hydrogen (secondary N) is 1. The van der Waals surface area contributed by atoms with Gasteiger partial charge in [0.25, 0.3) is 5.91 Å². The van der Waals surface area contributed by atoms with Crippen molar-refractivity contribution in [1.29, 1.82) is 0 Å². The Morgan fingerprint density at radius 1 is 1.48 bits per heavy atom. The normalized spacial score (nSPS) is 12.3. The first kappa shape index (κ1) is 17.7. The van der Waals surface area contributed by atoms with Crippen LogP contribution in [0.2, 0.25) is 0 Å². The Labute approximate surface area is 141 Å². The Kier molecular flexibility index (Phi) is 6.80. The lowest BCUT2D eigenvalue weighted by Crippen LogP contribution is -2.29. The SMILES string of the molecule is CCCCCn1nc(C(=O)NCC(C)CO)cc1-c1ccsc1. The van der Waals surface area contributed by atoms with Crippen molar-refractivity contribution in [3.63, 3.8) is 0 Å². The van der Waals surface area contributed by atoms with E-state index in [1.807, 2.05) is 29.1 Å². The number of amides is 1. The highest BCUT2D eigenvalue weighted by Gasteiger charge is 2.16. The van der Waals surface area contributed by atoms with Crippen molar-refractivity contribution in [1.82, 2.24) is 15.1 Å². The van der Waals surface area contributed by atoms with E-state index in [1.165, 1.54) is 0 Å². The molecule has 1 atom stereocenters. The van der Waals surface area contributed by atoms with E-state index in [-0.39, 0.29) is 18.4 Å². The molecule has 0 fully saturated rings. The molecule has 0 saturated carbocycles. The number of carbonyl (C=O) groups is 1. The molecular formula is C17H25N3O2S. The van der Waals surface area contributed by atoms with Crippen LogP contribution in [0.3, 0.4) is 0 Å². The monoisotopic (exact) mass is 335 g/mol. The quantitative estimate of drug-likeness (QED) is 0.692. The minimum absolute atomic E-state index is 0.0435. The van der Waals surface area contributed by atoms with Crippen LogP contribution in [0, 0.1) is 5.92 Å². The second-order valence-electron chi connectivity index (χ2n) is 5.85. The summed E-state index contributed by atoms with van der Waals surface area (Å²) in [5, 5.41) is 20.5. The summed E-state index contributed by atoms with van der Waals surface area (Å²) in [5.41, 5.74) is 2.53. The molecule has 0 aliphatic carbocycles. The van der Waals surface area contributed by atoms with Gasteiger partial charge in [0.2, 0.25) is 0 Å². The van der Waals surface area contributed by atoms with Gasteiger partial charge in [-0.2, -0.15) is 16.4 Å². The van der Waals surface area contributed by atoms with Crippen molar-refractivity contribution in [2.45, 2.75) is 39.7 Å². The number of aliphatic hydroxyl groups is 1. The van der Waals surface area contributed by atoms with E-state index in [2.05, 4.69) is 22.7 Å². The van der Waals surface area contributed by atoms with Crippen LogP contribution in [0.1, 0.15) is 43.6 Å². The Balaban J connectivity index is 2.14. The summed E-state index contributed by atoms with van der Waals surface area (Å²) >= 11 is 1.64. The molecule has 126 valence electrons. The third-order valence-electron chi connectivity index (χ3n) is 3.73. The van der Waals surface area contributed by atoms with E-state index in [1.54, 1.807) is 11.3 Å². The van der Waals surface area contributed by atoms with Crippen LogP contribution in [0.15, 0.2) is 22.9 Å². The van der Waals surface area contributed by atoms with Crippen LogP contribution >= 0.6 is 11.3 Å². The van der Waals surface area contributed by atoms with E-state index in [9.17, 15) is 4.79 Å². The molecule has 0 radical (unpaired) electrons. The molecule has 0 saturated heterocycles. The lowest BCUT2D eigenvalue weighted by Gasteiger charge is -2.08. The molecule has 0 aromatic carbocycles. The number of thiophene rings is 1. The summed E-state index contributed by atoms with van der Waals surface area (Å²) in [6.07, 6.45) is 3.36. The molecule has 1 unspecified atom stereocenters. The highest BCUT2D eigenvalue weighted by Crippen LogP contribution is 2.23. The lowest BCUT2D eigenvalue weighted by atomic mass is 10.2. The highest BCUT2D eigenvalue weighted by atomic mass is 32.1. The second kappa shape index (κ2) is 8.84. The van der Waals surface area contributed by atoms with Crippen molar-refractivity contribution in [2.75, 3.05) is 13.2 Å². The molecule has 2 heterocycles. The fraction of sp³-hybridized carbons (Fsp3) is 0.529. The number of aromatic nitrogens is 2. The first-order valence-corrected chi connectivity index (χ1v) is 9.09. The number of unbranched alkanes of at least 4 members (excludes halogenated alkanes) is 2. The van der Waals surface area contributed by atoms with Gasteiger partial charge in [-0.05, 0) is 29.9 Å². The van der Waals surface area contributed by atoms with Gasteiger partial charge in [0.1, 0.15) is 0 Å². The molecule has 5 nitrogen and oxygen atoms in total. The fourth-order valence-corrected chi connectivity index (χ4v) is 2.92. The third kappa shape index (κ3) is 4.91. The minimum atomic E-state index is -0.184. The number of rotatable bonds is 9. The molecule has 6 heteroatoms. The maximum atomic E-state index is 12.3. The number of aryl methyl sites for hydroxylation is 1. The van der Waals surface area contributed by atoms with Gasteiger partial charge in [-0.25, -0.2) is 0 Å². The van der Waals surface area contributed by atoms with Crippen LogP contribution in [0.4, 0.5) is 0 Å². The third-order valence-corrected chi connectivity index (χ3v) is 4.41. The van der Waals surface area contributed by atoms with Gasteiger partial charge in [-0.1, -0.05) is 26.7 Å². The van der Waals surface area contributed by atoms with Crippen molar-refractivity contribution >= 4 is 17.2 Å². The smallest absolute Gasteiger partial charge is 0.271 e. The largest absolute Gasteiger partial charge is 0.396 e. The molecule has 0 bridgehead atoms. The van der Waals surface area contributed by atoms with Gasteiger partial charge in [-0.3, -0.25) is 9.48 Å². The molecule has 0 spiro atoms. The Morgan fingerprint density at radius 3 is 2.96 bits per heavy atom. The van der Waals surface area contributed by atoms with Crippen LogP contribution in [-0.4, -0.2) is 33.9 Å². The van der Waals surface area contributed by atoms with Crippen molar-refractivity contribution in [3.8, 4) is 11.3 Å². The summed E-state index contributed by atoms with van der Waals surface area (Å²) < 4.78 is 1.93. The standard InChI is InChI=1S/C17H25N3O2S/c1-3-4-5-7-20-16(14-6-8-23-12-14)9-15(19-20)17(22)18-10-13(2)11-21/h6,8-9,12-13,21H,3-5,7,10-11H2,1-2H3,(H,18,22). The van der Waals surface area contributed by atoms with Gasteiger partial charge in [-0.15, -0.1) is 0 Å². The van der Waals surface area contributed by atoms with Crippen LogP contribution in [-0.2, 0) is 6.54 Å². The molecule has 2 aromatic rings.